The first kappa shape index (κ1) is 9.06. The van der Waals surface area contributed by atoms with Crippen molar-refractivity contribution in [2.45, 2.75) is 11.9 Å². The van der Waals surface area contributed by atoms with Gasteiger partial charge in [-0.25, -0.2) is 4.98 Å². The van der Waals surface area contributed by atoms with Crippen LogP contribution in [0.4, 0.5) is 0 Å². The van der Waals surface area contributed by atoms with E-state index in [9.17, 15) is 4.79 Å². The molecule has 0 spiro atoms. The summed E-state index contributed by atoms with van der Waals surface area (Å²) in [6.45, 7) is 1.88. The molecule has 0 unspecified atom stereocenters. The van der Waals surface area contributed by atoms with Crippen molar-refractivity contribution < 1.29 is 4.79 Å². The number of primary amides is 1. The van der Waals surface area contributed by atoms with Gasteiger partial charge in [-0.2, -0.15) is 0 Å². The van der Waals surface area contributed by atoms with Crippen LogP contribution in [0.1, 0.15) is 16.1 Å². The highest BCUT2D eigenvalue weighted by molar-refractivity contribution is 7.98. The smallest absolute Gasteiger partial charge is 0.251 e. The van der Waals surface area contributed by atoms with Crippen molar-refractivity contribution in [2.24, 2.45) is 5.73 Å². The molecule has 2 N–H and O–H groups in total. The lowest BCUT2D eigenvalue weighted by atomic mass is 10.2. The maximum absolute atomic E-state index is 10.9. The van der Waals surface area contributed by atoms with Gasteiger partial charge < -0.3 is 5.73 Å². The van der Waals surface area contributed by atoms with Crippen LogP contribution in [0.15, 0.2) is 17.2 Å². The van der Waals surface area contributed by atoms with Gasteiger partial charge in [0, 0.05) is 5.69 Å². The zero-order chi connectivity index (χ0) is 9.14. The number of hydrogen-bond donors (Lipinski definition) is 1. The largest absolute Gasteiger partial charge is 0.366 e. The van der Waals surface area contributed by atoms with Crippen molar-refractivity contribution in [2.75, 3.05) is 6.26 Å². The Morgan fingerprint density at radius 3 is 2.75 bits per heavy atom. The standard InChI is InChI=1S/C8H10N2OS/c1-5-3-4-6(7(9)11)8(10-5)12-2/h3-4H,1-2H3,(H2,9,11). The van der Waals surface area contributed by atoms with Crippen LogP contribution in [0.5, 0.6) is 0 Å². The third kappa shape index (κ3) is 1.76. The Morgan fingerprint density at radius 1 is 1.58 bits per heavy atom. The molecule has 1 heterocycles. The fraction of sp³-hybridized carbons (Fsp3) is 0.250. The minimum atomic E-state index is -0.424. The van der Waals surface area contributed by atoms with Gasteiger partial charge in [0.15, 0.2) is 0 Å². The molecule has 4 heteroatoms. The molecule has 0 atom stereocenters. The Balaban J connectivity index is 3.20. The minimum absolute atomic E-state index is 0.424. The molecule has 0 aliphatic heterocycles. The second-order valence-corrected chi connectivity index (χ2v) is 3.17. The molecule has 1 amide bonds. The molecule has 0 aromatic carbocycles. The van der Waals surface area contributed by atoms with Crippen LogP contribution in [0.25, 0.3) is 0 Å². The van der Waals surface area contributed by atoms with E-state index in [1.165, 1.54) is 11.8 Å². The van der Waals surface area contributed by atoms with Crippen molar-refractivity contribution in [3.05, 3.63) is 23.4 Å². The highest BCUT2D eigenvalue weighted by atomic mass is 32.2. The summed E-state index contributed by atoms with van der Waals surface area (Å²) in [7, 11) is 0. The average Bonchev–Trinajstić information content (AvgIpc) is 2.03. The molecule has 1 aromatic rings. The number of aryl methyl sites for hydroxylation is 1. The molecule has 0 fully saturated rings. The van der Waals surface area contributed by atoms with Crippen LogP contribution in [0.3, 0.4) is 0 Å². The second kappa shape index (κ2) is 3.58. The van der Waals surface area contributed by atoms with Crippen LogP contribution in [-0.2, 0) is 0 Å². The van der Waals surface area contributed by atoms with Gasteiger partial charge in [-0.1, -0.05) is 0 Å². The van der Waals surface area contributed by atoms with Gasteiger partial charge in [0.25, 0.3) is 5.91 Å². The van der Waals surface area contributed by atoms with Gasteiger partial charge in [-0.15, -0.1) is 11.8 Å². The summed E-state index contributed by atoms with van der Waals surface area (Å²) < 4.78 is 0. The van der Waals surface area contributed by atoms with E-state index in [2.05, 4.69) is 4.98 Å². The number of aromatic nitrogens is 1. The third-order valence-electron chi connectivity index (χ3n) is 1.46. The summed E-state index contributed by atoms with van der Waals surface area (Å²) >= 11 is 1.43. The number of nitrogens with two attached hydrogens (primary N) is 1. The topological polar surface area (TPSA) is 56.0 Å². The molecule has 0 aliphatic carbocycles. The molecular weight excluding hydrogens is 172 g/mol. The molecule has 3 nitrogen and oxygen atoms in total. The molecule has 12 heavy (non-hydrogen) atoms. The highest BCUT2D eigenvalue weighted by Crippen LogP contribution is 2.17. The zero-order valence-electron chi connectivity index (χ0n) is 7.00. The number of pyridine rings is 1. The van der Waals surface area contributed by atoms with Crippen molar-refractivity contribution in [1.29, 1.82) is 0 Å². The minimum Gasteiger partial charge on any atom is -0.366 e. The number of nitrogens with zero attached hydrogens (tertiary/aromatic N) is 1. The third-order valence-corrected chi connectivity index (χ3v) is 2.16. The van der Waals surface area contributed by atoms with E-state index < -0.39 is 5.91 Å². The first-order valence-electron chi connectivity index (χ1n) is 3.46. The molecule has 0 radical (unpaired) electrons. The van der Waals surface area contributed by atoms with Gasteiger partial charge in [0.05, 0.1) is 5.56 Å². The monoisotopic (exact) mass is 182 g/mol. The predicted octanol–water partition coefficient (Wildman–Crippen LogP) is 1.21. The van der Waals surface area contributed by atoms with Gasteiger partial charge in [0.1, 0.15) is 5.03 Å². The molecule has 0 saturated heterocycles. The van der Waals surface area contributed by atoms with Crippen LogP contribution in [-0.4, -0.2) is 17.1 Å². The predicted molar refractivity (Wildman–Crippen MR) is 49.3 cm³/mol. The molecule has 0 aliphatic rings. The van der Waals surface area contributed by atoms with Gasteiger partial charge in [-0.05, 0) is 25.3 Å². The lowest BCUT2D eigenvalue weighted by molar-refractivity contribution is 0.0997. The normalized spacial score (nSPS) is 9.83. The fourth-order valence-corrected chi connectivity index (χ4v) is 1.50. The summed E-state index contributed by atoms with van der Waals surface area (Å²) in [6, 6.07) is 3.48. The van der Waals surface area contributed by atoms with Crippen LogP contribution in [0.2, 0.25) is 0 Å². The number of thioether (sulfide) groups is 1. The van der Waals surface area contributed by atoms with Crippen molar-refractivity contribution in [1.82, 2.24) is 4.98 Å². The highest BCUT2D eigenvalue weighted by Gasteiger charge is 2.07. The second-order valence-electron chi connectivity index (χ2n) is 2.37. The van der Waals surface area contributed by atoms with E-state index in [0.29, 0.717) is 10.6 Å². The van der Waals surface area contributed by atoms with Crippen LogP contribution >= 0.6 is 11.8 Å². The maximum Gasteiger partial charge on any atom is 0.251 e. The van der Waals surface area contributed by atoms with E-state index in [4.69, 9.17) is 5.73 Å². The summed E-state index contributed by atoms with van der Waals surface area (Å²) in [6.07, 6.45) is 1.87. The first-order valence-corrected chi connectivity index (χ1v) is 4.69. The molecule has 0 bridgehead atoms. The Bertz CT molecular complexity index is 312. The Morgan fingerprint density at radius 2 is 2.25 bits per heavy atom. The number of carbonyl (C=O) groups is 1. The van der Waals surface area contributed by atoms with E-state index in [0.717, 1.165) is 5.69 Å². The average molecular weight is 182 g/mol. The van der Waals surface area contributed by atoms with Gasteiger partial charge >= 0.3 is 0 Å². The fourth-order valence-electron chi connectivity index (χ4n) is 0.876. The molecule has 1 rings (SSSR count). The Hall–Kier alpha value is -1.03. The summed E-state index contributed by atoms with van der Waals surface area (Å²) in [5, 5.41) is 0.697. The molecule has 1 aromatic heterocycles. The Labute approximate surface area is 75.4 Å². The lowest BCUT2D eigenvalue weighted by Gasteiger charge is -2.02. The molecule has 0 saturated carbocycles. The number of hydrogen-bond acceptors (Lipinski definition) is 3. The SMILES string of the molecule is CSc1nc(C)ccc1C(N)=O. The van der Waals surface area contributed by atoms with E-state index >= 15 is 0 Å². The van der Waals surface area contributed by atoms with E-state index in [1.54, 1.807) is 12.1 Å². The van der Waals surface area contributed by atoms with E-state index in [1.807, 2.05) is 13.2 Å². The molecular formula is C8H10N2OS. The molecule has 64 valence electrons. The lowest BCUT2D eigenvalue weighted by Crippen LogP contribution is -2.13. The van der Waals surface area contributed by atoms with Crippen molar-refractivity contribution in [3.63, 3.8) is 0 Å². The van der Waals surface area contributed by atoms with E-state index in [-0.39, 0.29) is 0 Å². The van der Waals surface area contributed by atoms with Gasteiger partial charge in [-0.3, -0.25) is 4.79 Å². The summed E-state index contributed by atoms with van der Waals surface area (Å²) in [5.41, 5.74) is 6.53. The summed E-state index contributed by atoms with van der Waals surface area (Å²) in [5.74, 6) is -0.424. The van der Waals surface area contributed by atoms with Crippen molar-refractivity contribution >= 4 is 17.7 Å². The maximum atomic E-state index is 10.9. The van der Waals surface area contributed by atoms with Crippen LogP contribution < -0.4 is 5.73 Å². The quantitative estimate of drug-likeness (QED) is 0.699. The van der Waals surface area contributed by atoms with Gasteiger partial charge in [0.2, 0.25) is 0 Å². The van der Waals surface area contributed by atoms with Crippen LogP contribution in [0, 0.1) is 6.92 Å². The van der Waals surface area contributed by atoms with Crippen molar-refractivity contribution in [3.8, 4) is 0 Å². The zero-order valence-corrected chi connectivity index (χ0v) is 7.81. The summed E-state index contributed by atoms with van der Waals surface area (Å²) in [4.78, 5) is 15.0. The number of carbonyl (C=O) groups excluding carboxylic acids is 1. The number of rotatable bonds is 2. The Kier molecular flexibility index (Phi) is 2.70. The first-order chi connectivity index (χ1) is 5.65. The number of amides is 1.